The minimum Gasteiger partial charge on any atom is -0.411 e. The highest BCUT2D eigenvalue weighted by Gasteiger charge is 1.94. The third-order valence-corrected chi connectivity index (χ3v) is 2.68. The van der Waals surface area contributed by atoms with E-state index < -0.39 is 0 Å². The molecule has 0 saturated heterocycles. The molecule has 2 aromatic carbocycles. The Morgan fingerprint density at radius 2 is 1.21 bits per heavy atom. The molecule has 2 N–H and O–H groups in total. The summed E-state index contributed by atoms with van der Waals surface area (Å²) in [6.45, 7) is 0. The maximum atomic E-state index is 7.56. The van der Waals surface area contributed by atoms with Gasteiger partial charge in [0.15, 0.2) is 0 Å². The Kier molecular flexibility index (Phi) is 6.97. The predicted octanol–water partition coefficient (Wildman–Crippen LogP) is 4.02. The molecular weight excluding hydrogens is 308 g/mol. The van der Waals surface area contributed by atoms with Gasteiger partial charge in [-0.25, -0.2) is 0 Å². The Morgan fingerprint density at radius 1 is 0.737 bits per heavy atom. The fourth-order valence-electron chi connectivity index (χ4n) is 1.33. The third kappa shape index (κ3) is 5.83. The molecule has 0 heterocycles. The van der Waals surface area contributed by atoms with Crippen LogP contribution in [0.25, 0.3) is 11.1 Å². The summed E-state index contributed by atoms with van der Waals surface area (Å²) in [7, 11) is 0. The van der Waals surface area contributed by atoms with Crippen LogP contribution < -0.4 is 0 Å². The number of hydrogen-bond donors (Lipinski definition) is 2. The van der Waals surface area contributed by atoms with E-state index in [1.165, 1.54) is 11.1 Å². The zero-order chi connectivity index (χ0) is 13.9. The van der Waals surface area contributed by atoms with Crippen molar-refractivity contribution in [2.45, 2.75) is 0 Å². The molecule has 19 heavy (non-hydrogen) atoms. The summed E-state index contributed by atoms with van der Waals surface area (Å²) in [6, 6.07) is 18.7. The SMILES string of the molecule is Brc1ccc(-c2ccccc2)cc1.ON=CC=NO. The minimum absolute atomic E-state index is 0.944. The molecule has 5 heteroatoms. The van der Waals surface area contributed by atoms with Crippen LogP contribution in [0.15, 0.2) is 69.4 Å². The van der Waals surface area contributed by atoms with Crippen molar-refractivity contribution in [3.8, 4) is 11.1 Å². The van der Waals surface area contributed by atoms with Gasteiger partial charge in [0, 0.05) is 4.47 Å². The molecule has 0 fully saturated rings. The molecule has 0 unspecified atom stereocenters. The number of halogens is 1. The molecule has 0 bridgehead atoms. The molecule has 0 radical (unpaired) electrons. The van der Waals surface area contributed by atoms with Crippen LogP contribution in [0.3, 0.4) is 0 Å². The van der Waals surface area contributed by atoms with E-state index in [2.05, 4.69) is 74.8 Å². The van der Waals surface area contributed by atoms with E-state index in [9.17, 15) is 0 Å². The lowest BCUT2D eigenvalue weighted by atomic mass is 10.1. The first-order valence-corrected chi connectivity index (χ1v) is 6.21. The van der Waals surface area contributed by atoms with E-state index in [1.54, 1.807) is 0 Å². The average Bonchev–Trinajstić information content (AvgIpc) is 2.47. The largest absolute Gasteiger partial charge is 0.411 e. The molecule has 0 atom stereocenters. The Labute approximate surface area is 119 Å². The second kappa shape index (κ2) is 8.88. The summed E-state index contributed by atoms with van der Waals surface area (Å²) in [5.74, 6) is 0. The van der Waals surface area contributed by atoms with Crippen LogP contribution >= 0.6 is 15.9 Å². The quantitative estimate of drug-likeness (QED) is 0.498. The van der Waals surface area contributed by atoms with E-state index in [-0.39, 0.29) is 0 Å². The normalized spacial score (nSPS) is 10.4. The van der Waals surface area contributed by atoms with Crippen molar-refractivity contribution in [2.24, 2.45) is 10.3 Å². The van der Waals surface area contributed by atoms with Crippen molar-refractivity contribution in [3.63, 3.8) is 0 Å². The second-order valence-corrected chi connectivity index (χ2v) is 4.32. The first-order chi connectivity index (χ1) is 9.27. The van der Waals surface area contributed by atoms with Gasteiger partial charge in [0.1, 0.15) is 0 Å². The van der Waals surface area contributed by atoms with E-state index in [0.29, 0.717) is 0 Å². The van der Waals surface area contributed by atoms with Gasteiger partial charge in [-0.15, -0.1) is 0 Å². The second-order valence-electron chi connectivity index (χ2n) is 3.40. The highest BCUT2D eigenvalue weighted by molar-refractivity contribution is 9.10. The van der Waals surface area contributed by atoms with Crippen molar-refractivity contribution >= 4 is 28.4 Å². The number of oxime groups is 2. The topological polar surface area (TPSA) is 65.2 Å². The number of nitrogens with zero attached hydrogens (tertiary/aromatic N) is 2. The van der Waals surface area contributed by atoms with Crippen molar-refractivity contribution in [2.75, 3.05) is 0 Å². The van der Waals surface area contributed by atoms with Crippen molar-refractivity contribution in [3.05, 3.63) is 59.1 Å². The van der Waals surface area contributed by atoms with Gasteiger partial charge in [0.2, 0.25) is 0 Å². The lowest BCUT2D eigenvalue weighted by Gasteiger charge is -2.00. The van der Waals surface area contributed by atoms with E-state index in [1.807, 2.05) is 6.07 Å². The van der Waals surface area contributed by atoms with Gasteiger partial charge in [-0.2, -0.15) is 0 Å². The molecule has 0 aromatic heterocycles. The van der Waals surface area contributed by atoms with Crippen LogP contribution in [0.1, 0.15) is 0 Å². The zero-order valence-electron chi connectivity index (χ0n) is 10.0. The molecule has 0 aliphatic rings. The number of rotatable bonds is 2. The lowest BCUT2D eigenvalue weighted by molar-refractivity contribution is 0.317. The van der Waals surface area contributed by atoms with Gasteiger partial charge >= 0.3 is 0 Å². The zero-order valence-corrected chi connectivity index (χ0v) is 11.6. The Balaban J connectivity index is 0.000000258. The maximum Gasteiger partial charge on any atom is 0.0877 e. The van der Waals surface area contributed by atoms with Crippen LogP contribution in [-0.2, 0) is 0 Å². The number of hydrogen-bond acceptors (Lipinski definition) is 4. The standard InChI is InChI=1S/C12H9Br.C2H4N2O2/c13-12-8-6-11(7-9-12)10-4-2-1-3-5-10;5-3-1-2-4-6/h1-9H;1-2,5-6H. The van der Waals surface area contributed by atoms with Gasteiger partial charge in [0.25, 0.3) is 0 Å². The summed E-state index contributed by atoms with van der Waals surface area (Å²) in [5.41, 5.74) is 2.51. The average molecular weight is 321 g/mol. The molecule has 0 aliphatic heterocycles. The molecular formula is C14H13BrN2O2. The summed E-state index contributed by atoms with van der Waals surface area (Å²) < 4.78 is 1.12. The maximum absolute atomic E-state index is 7.56. The molecule has 0 spiro atoms. The van der Waals surface area contributed by atoms with Gasteiger partial charge in [-0.1, -0.05) is 68.7 Å². The van der Waals surface area contributed by atoms with Crippen LogP contribution in [0.5, 0.6) is 0 Å². The molecule has 0 saturated carbocycles. The minimum atomic E-state index is 0.944. The first kappa shape index (κ1) is 14.9. The van der Waals surface area contributed by atoms with Gasteiger partial charge in [-0.3, -0.25) is 0 Å². The van der Waals surface area contributed by atoms with Gasteiger partial charge in [-0.05, 0) is 23.3 Å². The summed E-state index contributed by atoms with van der Waals surface area (Å²) in [6.07, 6.45) is 1.89. The number of benzene rings is 2. The van der Waals surface area contributed by atoms with E-state index in [4.69, 9.17) is 10.4 Å². The Bertz CT molecular complexity index is 515. The molecule has 98 valence electrons. The van der Waals surface area contributed by atoms with Crippen LogP contribution in [-0.4, -0.2) is 22.8 Å². The van der Waals surface area contributed by atoms with Gasteiger partial charge < -0.3 is 10.4 Å². The highest BCUT2D eigenvalue weighted by Crippen LogP contribution is 2.20. The van der Waals surface area contributed by atoms with Crippen molar-refractivity contribution in [1.82, 2.24) is 0 Å². The highest BCUT2D eigenvalue weighted by atomic mass is 79.9. The predicted molar refractivity (Wildman–Crippen MR) is 80.1 cm³/mol. The fraction of sp³-hybridized carbons (Fsp3) is 0. The molecule has 2 aromatic rings. The van der Waals surface area contributed by atoms with Crippen molar-refractivity contribution < 1.29 is 10.4 Å². The van der Waals surface area contributed by atoms with Crippen molar-refractivity contribution in [1.29, 1.82) is 0 Å². The summed E-state index contributed by atoms with van der Waals surface area (Å²) >= 11 is 3.42. The van der Waals surface area contributed by atoms with Crippen LogP contribution in [0.4, 0.5) is 0 Å². The van der Waals surface area contributed by atoms with Gasteiger partial charge in [0.05, 0.1) is 12.4 Å². The smallest absolute Gasteiger partial charge is 0.0877 e. The van der Waals surface area contributed by atoms with E-state index in [0.717, 1.165) is 16.9 Å². The third-order valence-electron chi connectivity index (χ3n) is 2.15. The summed E-state index contributed by atoms with van der Waals surface area (Å²) in [5, 5.41) is 20.1. The van der Waals surface area contributed by atoms with Crippen LogP contribution in [0, 0.1) is 0 Å². The first-order valence-electron chi connectivity index (χ1n) is 5.42. The molecule has 0 aliphatic carbocycles. The summed E-state index contributed by atoms with van der Waals surface area (Å²) in [4.78, 5) is 0. The Morgan fingerprint density at radius 3 is 1.68 bits per heavy atom. The van der Waals surface area contributed by atoms with E-state index >= 15 is 0 Å². The Hall–Kier alpha value is -2.14. The monoisotopic (exact) mass is 320 g/mol. The van der Waals surface area contributed by atoms with Crippen LogP contribution in [0.2, 0.25) is 0 Å². The molecule has 0 amide bonds. The lowest BCUT2D eigenvalue weighted by Crippen LogP contribution is -1.75. The molecule has 4 nitrogen and oxygen atoms in total. The molecule has 2 rings (SSSR count). The fourth-order valence-corrected chi connectivity index (χ4v) is 1.60.